The molecule has 142 valence electrons. The van der Waals surface area contributed by atoms with E-state index in [0.717, 1.165) is 41.2 Å². The zero-order valence-electron chi connectivity index (χ0n) is 16.3. The van der Waals surface area contributed by atoms with Crippen LogP contribution < -0.4 is 0 Å². The van der Waals surface area contributed by atoms with Crippen LogP contribution in [0.2, 0.25) is 0 Å². The van der Waals surface area contributed by atoms with E-state index in [1.165, 1.54) is 0 Å². The SMILES string of the molecule is Cc1ccc(C#N)c(-c2cccc(CN(C)CCC(O)c3ccccc3)c2)n1. The van der Waals surface area contributed by atoms with Crippen molar-refractivity contribution in [2.75, 3.05) is 13.6 Å². The smallest absolute Gasteiger partial charge is 0.101 e. The van der Waals surface area contributed by atoms with Crippen LogP contribution in [0.25, 0.3) is 11.3 Å². The van der Waals surface area contributed by atoms with E-state index in [-0.39, 0.29) is 0 Å². The summed E-state index contributed by atoms with van der Waals surface area (Å²) in [5.41, 5.74) is 5.27. The molecular formula is C24H25N3O. The number of pyridine rings is 1. The van der Waals surface area contributed by atoms with Gasteiger partial charge < -0.3 is 10.0 Å². The molecule has 4 nitrogen and oxygen atoms in total. The van der Waals surface area contributed by atoms with E-state index in [1.54, 1.807) is 0 Å². The normalized spacial score (nSPS) is 12.0. The third kappa shape index (κ3) is 5.04. The molecule has 1 heterocycles. The van der Waals surface area contributed by atoms with Crippen LogP contribution >= 0.6 is 0 Å². The van der Waals surface area contributed by atoms with Gasteiger partial charge in [-0.25, -0.2) is 0 Å². The Kier molecular flexibility index (Phi) is 6.54. The molecular weight excluding hydrogens is 346 g/mol. The number of nitriles is 1. The maximum absolute atomic E-state index is 10.3. The molecule has 0 bridgehead atoms. The zero-order valence-corrected chi connectivity index (χ0v) is 16.3. The van der Waals surface area contributed by atoms with E-state index >= 15 is 0 Å². The van der Waals surface area contributed by atoms with Crippen LogP contribution in [-0.4, -0.2) is 28.6 Å². The van der Waals surface area contributed by atoms with Gasteiger partial charge in [0.05, 0.1) is 17.4 Å². The second-order valence-electron chi connectivity index (χ2n) is 7.11. The molecule has 1 unspecified atom stereocenters. The Morgan fingerprint density at radius 1 is 1.07 bits per heavy atom. The van der Waals surface area contributed by atoms with E-state index in [4.69, 9.17) is 0 Å². The fourth-order valence-corrected chi connectivity index (χ4v) is 3.26. The van der Waals surface area contributed by atoms with Gasteiger partial charge in [0.15, 0.2) is 0 Å². The van der Waals surface area contributed by atoms with Crippen LogP contribution in [0.1, 0.15) is 34.9 Å². The molecule has 4 heteroatoms. The first-order chi connectivity index (χ1) is 13.6. The van der Waals surface area contributed by atoms with Crippen molar-refractivity contribution in [1.29, 1.82) is 5.26 Å². The Bertz CT molecular complexity index is 963. The predicted octanol–water partition coefficient (Wildman–Crippen LogP) is 4.48. The molecule has 28 heavy (non-hydrogen) atoms. The van der Waals surface area contributed by atoms with E-state index in [2.05, 4.69) is 35.1 Å². The molecule has 0 aliphatic heterocycles. The van der Waals surface area contributed by atoms with Crippen molar-refractivity contribution in [2.45, 2.75) is 26.0 Å². The molecule has 0 radical (unpaired) electrons. The van der Waals surface area contributed by atoms with Crippen molar-refractivity contribution in [3.8, 4) is 17.3 Å². The first kappa shape index (κ1) is 19.8. The number of aromatic nitrogens is 1. The lowest BCUT2D eigenvalue weighted by molar-refractivity contribution is 0.147. The van der Waals surface area contributed by atoms with Gasteiger partial charge in [-0.15, -0.1) is 0 Å². The fourth-order valence-electron chi connectivity index (χ4n) is 3.26. The molecule has 3 rings (SSSR count). The molecule has 0 spiro atoms. The molecule has 0 saturated heterocycles. The quantitative estimate of drug-likeness (QED) is 0.665. The number of hydrogen-bond donors (Lipinski definition) is 1. The third-order valence-corrected chi connectivity index (χ3v) is 4.78. The van der Waals surface area contributed by atoms with Crippen LogP contribution in [0.4, 0.5) is 0 Å². The van der Waals surface area contributed by atoms with E-state index in [9.17, 15) is 10.4 Å². The van der Waals surface area contributed by atoms with Gasteiger partial charge in [-0.3, -0.25) is 4.98 Å². The van der Waals surface area contributed by atoms with Gasteiger partial charge in [0.2, 0.25) is 0 Å². The number of rotatable bonds is 7. The van der Waals surface area contributed by atoms with E-state index in [0.29, 0.717) is 12.0 Å². The summed E-state index contributed by atoms with van der Waals surface area (Å²) < 4.78 is 0. The van der Waals surface area contributed by atoms with Crippen LogP contribution in [-0.2, 0) is 6.54 Å². The molecule has 1 atom stereocenters. The molecule has 0 saturated carbocycles. The summed E-state index contributed by atoms with van der Waals surface area (Å²) in [6.45, 7) is 3.48. The molecule has 0 aliphatic carbocycles. The summed E-state index contributed by atoms with van der Waals surface area (Å²) in [7, 11) is 2.05. The van der Waals surface area contributed by atoms with Crippen LogP contribution in [0.15, 0.2) is 66.7 Å². The molecule has 0 amide bonds. The highest BCUT2D eigenvalue weighted by molar-refractivity contribution is 5.67. The Hall–Kier alpha value is -3.00. The lowest BCUT2D eigenvalue weighted by Gasteiger charge is -2.19. The van der Waals surface area contributed by atoms with E-state index < -0.39 is 6.10 Å². The molecule has 0 fully saturated rings. The number of aliphatic hydroxyl groups excluding tert-OH is 1. The Morgan fingerprint density at radius 3 is 2.61 bits per heavy atom. The summed E-state index contributed by atoms with van der Waals surface area (Å²) in [6, 6.07) is 23.8. The minimum atomic E-state index is -0.454. The minimum Gasteiger partial charge on any atom is -0.388 e. The van der Waals surface area contributed by atoms with Gasteiger partial charge >= 0.3 is 0 Å². The highest BCUT2D eigenvalue weighted by Gasteiger charge is 2.11. The lowest BCUT2D eigenvalue weighted by atomic mass is 10.0. The van der Waals surface area contributed by atoms with Crippen LogP contribution in [0.5, 0.6) is 0 Å². The number of aliphatic hydroxyl groups is 1. The Labute approximate surface area is 166 Å². The minimum absolute atomic E-state index is 0.454. The van der Waals surface area contributed by atoms with Crippen molar-refractivity contribution in [1.82, 2.24) is 9.88 Å². The summed E-state index contributed by atoms with van der Waals surface area (Å²) in [5.74, 6) is 0. The fraction of sp³-hybridized carbons (Fsp3) is 0.250. The Morgan fingerprint density at radius 2 is 1.86 bits per heavy atom. The highest BCUT2D eigenvalue weighted by Crippen LogP contribution is 2.23. The average molecular weight is 371 g/mol. The van der Waals surface area contributed by atoms with Gasteiger partial charge in [-0.05, 0) is 49.7 Å². The topological polar surface area (TPSA) is 60.2 Å². The molecule has 3 aromatic rings. The summed E-state index contributed by atoms with van der Waals surface area (Å²) >= 11 is 0. The largest absolute Gasteiger partial charge is 0.388 e. The maximum atomic E-state index is 10.3. The molecule has 2 aromatic carbocycles. The summed E-state index contributed by atoms with van der Waals surface area (Å²) in [5, 5.41) is 19.7. The van der Waals surface area contributed by atoms with Crippen molar-refractivity contribution in [3.05, 3.63) is 89.1 Å². The molecule has 0 aliphatic rings. The monoisotopic (exact) mass is 371 g/mol. The highest BCUT2D eigenvalue weighted by atomic mass is 16.3. The lowest BCUT2D eigenvalue weighted by Crippen LogP contribution is -2.21. The number of aryl methyl sites for hydroxylation is 1. The van der Waals surface area contributed by atoms with Crippen LogP contribution in [0.3, 0.4) is 0 Å². The third-order valence-electron chi connectivity index (χ3n) is 4.78. The van der Waals surface area contributed by atoms with Gasteiger partial charge in [0.1, 0.15) is 6.07 Å². The second kappa shape index (κ2) is 9.27. The molecule has 1 N–H and O–H groups in total. The van der Waals surface area contributed by atoms with Crippen molar-refractivity contribution >= 4 is 0 Å². The van der Waals surface area contributed by atoms with Gasteiger partial charge in [0, 0.05) is 24.3 Å². The van der Waals surface area contributed by atoms with Gasteiger partial charge in [-0.2, -0.15) is 5.26 Å². The average Bonchev–Trinajstić information content (AvgIpc) is 2.73. The second-order valence-corrected chi connectivity index (χ2v) is 7.11. The van der Waals surface area contributed by atoms with Crippen molar-refractivity contribution in [2.24, 2.45) is 0 Å². The maximum Gasteiger partial charge on any atom is 0.101 e. The predicted molar refractivity (Wildman–Crippen MR) is 111 cm³/mol. The first-order valence-electron chi connectivity index (χ1n) is 9.45. The number of hydrogen-bond acceptors (Lipinski definition) is 4. The van der Waals surface area contributed by atoms with Crippen LogP contribution in [0, 0.1) is 18.3 Å². The first-order valence-corrected chi connectivity index (χ1v) is 9.45. The van der Waals surface area contributed by atoms with Crippen molar-refractivity contribution in [3.63, 3.8) is 0 Å². The van der Waals surface area contributed by atoms with E-state index in [1.807, 2.05) is 61.5 Å². The standard InChI is InChI=1S/C24H25N3O/c1-18-11-12-22(16-25)24(26-18)21-10-6-7-19(15-21)17-27(2)14-13-23(28)20-8-4-3-5-9-20/h3-12,15,23,28H,13-14,17H2,1-2H3. The number of benzene rings is 2. The zero-order chi connectivity index (χ0) is 19.9. The summed E-state index contributed by atoms with van der Waals surface area (Å²) in [6.07, 6.45) is 0.225. The summed E-state index contributed by atoms with van der Waals surface area (Å²) in [4.78, 5) is 6.75. The van der Waals surface area contributed by atoms with Crippen molar-refractivity contribution < 1.29 is 5.11 Å². The van der Waals surface area contributed by atoms with Gasteiger partial charge in [0.25, 0.3) is 0 Å². The molecule has 1 aromatic heterocycles. The van der Waals surface area contributed by atoms with Gasteiger partial charge in [-0.1, -0.05) is 48.5 Å². The Balaban J connectivity index is 1.66. The number of nitrogens with zero attached hydrogens (tertiary/aromatic N) is 3.